The van der Waals surface area contributed by atoms with Crippen molar-refractivity contribution in [2.45, 2.75) is 19.9 Å². The smallest absolute Gasteiger partial charge is 0.208 e. The molecule has 0 N–H and O–H groups in total. The molecule has 1 aliphatic heterocycles. The van der Waals surface area contributed by atoms with Gasteiger partial charge in [0.15, 0.2) is 5.17 Å². The summed E-state index contributed by atoms with van der Waals surface area (Å²) in [6.45, 7) is 8.66. The third kappa shape index (κ3) is 5.69. The summed E-state index contributed by atoms with van der Waals surface area (Å²) >= 11 is 5.06. The molecule has 1 atom stereocenters. The van der Waals surface area contributed by atoms with Crippen LogP contribution in [0.2, 0.25) is 0 Å². The number of aliphatic imine (C=N–C) groups is 1. The average molecular weight is 411 g/mol. The standard InChI is InChI=1S/C17H23BrN4OS/c1-3-24-17(20-13-19)22-10-8-21(9-11-22)14(2)12-23-16-6-4-15(18)5-7-16/h4-7,14H,3,8-12H2,1-2H3. The van der Waals surface area contributed by atoms with Gasteiger partial charge in [-0.3, -0.25) is 4.90 Å². The monoisotopic (exact) mass is 410 g/mol. The fraction of sp³-hybridized carbons (Fsp3) is 0.529. The number of thioether (sulfide) groups is 1. The van der Waals surface area contributed by atoms with E-state index in [1.165, 1.54) is 0 Å². The minimum Gasteiger partial charge on any atom is -0.492 e. The van der Waals surface area contributed by atoms with Crippen LogP contribution in [0, 0.1) is 11.5 Å². The van der Waals surface area contributed by atoms with Gasteiger partial charge in [0.25, 0.3) is 0 Å². The van der Waals surface area contributed by atoms with Crippen LogP contribution in [0.1, 0.15) is 13.8 Å². The van der Waals surface area contributed by atoms with E-state index in [1.54, 1.807) is 11.8 Å². The van der Waals surface area contributed by atoms with Gasteiger partial charge in [0.05, 0.1) is 0 Å². The van der Waals surface area contributed by atoms with Crippen molar-refractivity contribution in [3.8, 4) is 11.9 Å². The number of nitrogens with zero attached hydrogens (tertiary/aromatic N) is 4. The molecule has 0 amide bonds. The van der Waals surface area contributed by atoms with E-state index >= 15 is 0 Å². The maximum atomic E-state index is 8.82. The molecular formula is C17H23BrN4OS. The molecule has 0 aliphatic carbocycles. The maximum Gasteiger partial charge on any atom is 0.208 e. The fourth-order valence-electron chi connectivity index (χ4n) is 2.57. The molecule has 2 rings (SSSR count). The van der Waals surface area contributed by atoms with Gasteiger partial charge in [0, 0.05) is 36.7 Å². The molecule has 1 unspecified atom stereocenters. The highest BCUT2D eigenvalue weighted by molar-refractivity contribution is 9.10. The minimum absolute atomic E-state index is 0.353. The summed E-state index contributed by atoms with van der Waals surface area (Å²) < 4.78 is 6.93. The zero-order valence-electron chi connectivity index (χ0n) is 14.1. The van der Waals surface area contributed by atoms with E-state index in [2.05, 4.69) is 44.6 Å². The van der Waals surface area contributed by atoms with Crippen molar-refractivity contribution in [2.24, 2.45) is 4.99 Å². The first-order valence-electron chi connectivity index (χ1n) is 8.11. The predicted molar refractivity (Wildman–Crippen MR) is 103 cm³/mol. The van der Waals surface area contributed by atoms with Crippen LogP contribution in [0.4, 0.5) is 0 Å². The van der Waals surface area contributed by atoms with Crippen molar-refractivity contribution < 1.29 is 4.74 Å². The number of amidine groups is 1. The van der Waals surface area contributed by atoms with Gasteiger partial charge >= 0.3 is 0 Å². The summed E-state index contributed by atoms with van der Waals surface area (Å²) in [5.74, 6) is 1.82. The zero-order chi connectivity index (χ0) is 17.4. The molecule has 0 radical (unpaired) electrons. The lowest BCUT2D eigenvalue weighted by molar-refractivity contribution is 0.106. The van der Waals surface area contributed by atoms with E-state index in [0.29, 0.717) is 12.6 Å². The Labute approximate surface area is 156 Å². The Morgan fingerprint density at radius 3 is 2.58 bits per heavy atom. The van der Waals surface area contributed by atoms with Crippen molar-refractivity contribution in [3.05, 3.63) is 28.7 Å². The second-order valence-corrected chi connectivity index (χ2v) is 7.71. The number of hydrogen-bond acceptors (Lipinski definition) is 5. The number of benzene rings is 1. The van der Waals surface area contributed by atoms with Crippen LogP contribution in [0.5, 0.6) is 5.75 Å². The highest BCUT2D eigenvalue weighted by Gasteiger charge is 2.23. The summed E-state index contributed by atoms with van der Waals surface area (Å²) in [6.07, 6.45) is 1.91. The number of rotatable bonds is 5. The van der Waals surface area contributed by atoms with E-state index in [1.807, 2.05) is 30.5 Å². The minimum atomic E-state index is 0.353. The van der Waals surface area contributed by atoms with Gasteiger partial charge in [-0.05, 0) is 36.9 Å². The fourth-order valence-corrected chi connectivity index (χ4v) is 3.57. The number of ether oxygens (including phenoxy) is 1. The summed E-state index contributed by atoms with van der Waals surface area (Å²) in [6, 6.07) is 8.27. The van der Waals surface area contributed by atoms with Crippen LogP contribution in [0.3, 0.4) is 0 Å². The molecule has 1 aliphatic rings. The lowest BCUT2D eigenvalue weighted by Gasteiger charge is -2.38. The van der Waals surface area contributed by atoms with Gasteiger partial charge in [0.2, 0.25) is 6.19 Å². The van der Waals surface area contributed by atoms with Crippen molar-refractivity contribution in [2.75, 3.05) is 38.5 Å². The molecule has 130 valence electrons. The van der Waals surface area contributed by atoms with E-state index in [0.717, 1.165) is 47.3 Å². The molecule has 0 aromatic heterocycles. The average Bonchev–Trinajstić information content (AvgIpc) is 2.61. The Morgan fingerprint density at radius 2 is 2.00 bits per heavy atom. The van der Waals surface area contributed by atoms with Gasteiger partial charge in [-0.1, -0.05) is 34.6 Å². The predicted octanol–water partition coefficient (Wildman–Crippen LogP) is 3.42. The van der Waals surface area contributed by atoms with Crippen LogP contribution in [0.15, 0.2) is 33.7 Å². The highest BCUT2D eigenvalue weighted by atomic mass is 79.9. The summed E-state index contributed by atoms with van der Waals surface area (Å²) in [5.41, 5.74) is 0. The maximum absolute atomic E-state index is 8.82. The lowest BCUT2D eigenvalue weighted by Crippen LogP contribution is -2.52. The molecule has 24 heavy (non-hydrogen) atoms. The molecule has 1 heterocycles. The summed E-state index contributed by atoms with van der Waals surface area (Å²) in [4.78, 5) is 8.59. The summed E-state index contributed by atoms with van der Waals surface area (Å²) in [5, 5.41) is 9.67. The first-order chi connectivity index (χ1) is 11.6. The first kappa shape index (κ1) is 19.1. The molecular weight excluding hydrogens is 388 g/mol. The van der Waals surface area contributed by atoms with Crippen LogP contribution >= 0.6 is 27.7 Å². The third-order valence-corrected chi connectivity index (χ3v) is 5.36. The SMILES string of the molecule is CCSC(=NC#N)N1CCN(C(C)COc2ccc(Br)cc2)CC1. The van der Waals surface area contributed by atoms with Gasteiger partial charge in [-0.15, -0.1) is 4.99 Å². The molecule has 0 saturated carbocycles. The molecule has 1 aromatic rings. The van der Waals surface area contributed by atoms with Crippen LogP contribution in [-0.2, 0) is 0 Å². The van der Waals surface area contributed by atoms with Crippen molar-refractivity contribution in [1.29, 1.82) is 5.26 Å². The van der Waals surface area contributed by atoms with Crippen LogP contribution in [-0.4, -0.2) is 59.5 Å². The number of piperazine rings is 1. The highest BCUT2D eigenvalue weighted by Crippen LogP contribution is 2.18. The van der Waals surface area contributed by atoms with Crippen molar-refractivity contribution >= 4 is 32.9 Å². The van der Waals surface area contributed by atoms with Crippen molar-refractivity contribution in [3.63, 3.8) is 0 Å². The topological polar surface area (TPSA) is 51.9 Å². The zero-order valence-corrected chi connectivity index (χ0v) is 16.5. The van der Waals surface area contributed by atoms with E-state index < -0.39 is 0 Å². The molecule has 0 spiro atoms. The van der Waals surface area contributed by atoms with E-state index in [4.69, 9.17) is 10.00 Å². The second-order valence-electron chi connectivity index (χ2n) is 5.56. The Balaban J connectivity index is 1.79. The lowest BCUT2D eigenvalue weighted by atomic mass is 10.2. The molecule has 7 heteroatoms. The molecule has 1 saturated heterocycles. The molecule has 5 nitrogen and oxygen atoms in total. The summed E-state index contributed by atoms with van der Waals surface area (Å²) in [7, 11) is 0. The Bertz CT molecular complexity index is 579. The molecule has 1 aromatic carbocycles. The Kier molecular flexibility index (Phi) is 7.89. The first-order valence-corrected chi connectivity index (χ1v) is 9.88. The van der Waals surface area contributed by atoms with E-state index in [-0.39, 0.29) is 0 Å². The largest absolute Gasteiger partial charge is 0.492 e. The number of halogens is 1. The van der Waals surface area contributed by atoms with Gasteiger partial charge in [-0.2, -0.15) is 5.26 Å². The Hall–Kier alpha value is -1.23. The molecule has 1 fully saturated rings. The van der Waals surface area contributed by atoms with Crippen molar-refractivity contribution in [1.82, 2.24) is 9.80 Å². The normalized spacial score (nSPS) is 17.4. The molecule has 0 bridgehead atoms. The third-order valence-electron chi connectivity index (χ3n) is 3.93. The second kappa shape index (κ2) is 9.92. The Morgan fingerprint density at radius 1 is 1.33 bits per heavy atom. The number of hydrogen-bond donors (Lipinski definition) is 0. The quantitative estimate of drug-likeness (QED) is 0.422. The van der Waals surface area contributed by atoms with Gasteiger partial charge < -0.3 is 9.64 Å². The van der Waals surface area contributed by atoms with Crippen LogP contribution in [0.25, 0.3) is 0 Å². The van der Waals surface area contributed by atoms with Gasteiger partial charge in [-0.25, -0.2) is 0 Å². The van der Waals surface area contributed by atoms with E-state index in [9.17, 15) is 0 Å². The van der Waals surface area contributed by atoms with Crippen LogP contribution < -0.4 is 4.74 Å². The van der Waals surface area contributed by atoms with Gasteiger partial charge in [0.1, 0.15) is 12.4 Å². The number of nitriles is 1.